The smallest absolute Gasteiger partial charge is 0.309 e. The monoisotopic (exact) mass is 458 g/mol. The largest absolute Gasteiger partial charge is 0.460 e. The Morgan fingerprint density at radius 1 is 1.16 bits per heavy atom. The van der Waals surface area contributed by atoms with E-state index in [0.29, 0.717) is 12.3 Å². The van der Waals surface area contributed by atoms with Crippen molar-refractivity contribution in [1.29, 1.82) is 0 Å². The van der Waals surface area contributed by atoms with Gasteiger partial charge in [0.15, 0.2) is 14.6 Å². The van der Waals surface area contributed by atoms with E-state index in [1.165, 1.54) is 0 Å². The fourth-order valence-corrected chi connectivity index (χ4v) is 5.13. The lowest BCUT2D eigenvalue weighted by atomic mass is 10.0. The molecule has 1 saturated heterocycles. The lowest BCUT2D eigenvalue weighted by molar-refractivity contribution is -0.271. The maximum Gasteiger partial charge on any atom is 0.309 e. The normalized spacial score (nSPS) is 33.1. The number of rotatable bonds is 8. The second kappa shape index (κ2) is 9.80. The molecule has 0 radical (unpaired) electrons. The zero-order valence-electron chi connectivity index (χ0n) is 21.4. The molecule has 1 aliphatic carbocycles. The first-order valence-corrected chi connectivity index (χ1v) is 14.8. The first kappa shape index (κ1) is 26.8. The van der Waals surface area contributed by atoms with Crippen LogP contribution in [0.2, 0.25) is 18.1 Å². The Hall–Kier alpha value is -0.473. The summed E-state index contributed by atoms with van der Waals surface area (Å²) >= 11 is 0. The van der Waals surface area contributed by atoms with E-state index in [-0.39, 0.29) is 35.2 Å². The molecular weight excluding hydrogens is 412 g/mol. The van der Waals surface area contributed by atoms with Crippen molar-refractivity contribution in [2.75, 3.05) is 0 Å². The number of carbonyl (C=O) groups is 1. The molecule has 2 fully saturated rings. The van der Waals surface area contributed by atoms with E-state index in [0.717, 1.165) is 19.3 Å². The molecule has 1 aliphatic heterocycles. The van der Waals surface area contributed by atoms with Crippen LogP contribution in [0, 0.1) is 11.8 Å². The number of carbonyl (C=O) groups excluding carboxylic acids is 1. The van der Waals surface area contributed by atoms with Crippen molar-refractivity contribution in [3.05, 3.63) is 0 Å². The Morgan fingerprint density at radius 3 is 2.32 bits per heavy atom. The van der Waals surface area contributed by atoms with Crippen molar-refractivity contribution in [1.82, 2.24) is 0 Å². The summed E-state index contributed by atoms with van der Waals surface area (Å²) in [6.45, 7) is 20.8. The highest BCUT2D eigenvalue weighted by Gasteiger charge is 2.46. The molecule has 1 heterocycles. The maximum atomic E-state index is 12.1. The Labute approximate surface area is 190 Å². The van der Waals surface area contributed by atoms with E-state index in [1.807, 2.05) is 34.6 Å². The minimum atomic E-state index is -1.94. The summed E-state index contributed by atoms with van der Waals surface area (Å²) in [5.74, 6) is 0.314. The molecule has 182 valence electrons. The molecule has 31 heavy (non-hydrogen) atoms. The lowest BCUT2D eigenvalue weighted by Gasteiger charge is -2.45. The summed E-state index contributed by atoms with van der Waals surface area (Å²) in [5, 5.41) is 10.8. The summed E-state index contributed by atoms with van der Waals surface area (Å²) < 4.78 is 24.0. The van der Waals surface area contributed by atoms with Gasteiger partial charge in [-0.15, -0.1) is 0 Å². The highest BCUT2D eigenvalue weighted by atomic mass is 28.4. The van der Waals surface area contributed by atoms with E-state index in [9.17, 15) is 9.90 Å². The summed E-state index contributed by atoms with van der Waals surface area (Å²) in [6, 6.07) is 0. The molecule has 1 N–H and O–H groups in total. The van der Waals surface area contributed by atoms with E-state index in [2.05, 4.69) is 33.9 Å². The van der Waals surface area contributed by atoms with Gasteiger partial charge in [0, 0.05) is 6.42 Å². The van der Waals surface area contributed by atoms with Crippen LogP contribution in [0.15, 0.2) is 0 Å². The molecule has 0 amide bonds. The molecule has 3 unspecified atom stereocenters. The zero-order valence-corrected chi connectivity index (χ0v) is 22.4. The SMILES string of the molecule is C[C@H](CCC1CC1C(=O)OC(C)(C)C)O[C@@H]1O[C@@H](C)C(O[Si](C)(C)C(C)(C)C)C[C@H]1O. The van der Waals surface area contributed by atoms with Crippen LogP contribution >= 0.6 is 0 Å². The van der Waals surface area contributed by atoms with Crippen molar-refractivity contribution in [2.45, 2.75) is 136 Å². The summed E-state index contributed by atoms with van der Waals surface area (Å²) in [7, 11) is -1.94. The van der Waals surface area contributed by atoms with Gasteiger partial charge in [0.25, 0.3) is 0 Å². The molecule has 7 heteroatoms. The van der Waals surface area contributed by atoms with Gasteiger partial charge in [-0.1, -0.05) is 20.8 Å². The Bertz CT molecular complexity index is 608. The van der Waals surface area contributed by atoms with Crippen LogP contribution in [-0.4, -0.2) is 55.7 Å². The molecule has 7 atom stereocenters. The Kier molecular flexibility index (Phi) is 8.46. The standard InChI is InChI=1S/C24H46O6Si/c1-15(11-12-17-13-18(17)21(26)29-23(3,4)5)27-22-19(25)14-20(16(2)28-22)30-31(9,10)24(6,7)8/h15-20,22,25H,11-14H2,1-10H3/t15-,16+,17?,18?,19-,20?,22-/m1/s1. The molecular formula is C24H46O6Si. The van der Waals surface area contributed by atoms with Crippen LogP contribution < -0.4 is 0 Å². The van der Waals surface area contributed by atoms with Crippen molar-refractivity contribution >= 4 is 14.3 Å². The first-order valence-electron chi connectivity index (χ1n) is 11.9. The van der Waals surface area contributed by atoms with Gasteiger partial charge in [0.1, 0.15) is 11.7 Å². The second-order valence-corrected chi connectivity index (χ2v) is 16.8. The average molecular weight is 459 g/mol. The van der Waals surface area contributed by atoms with Crippen LogP contribution in [0.4, 0.5) is 0 Å². The van der Waals surface area contributed by atoms with Crippen LogP contribution in [-0.2, 0) is 23.4 Å². The quantitative estimate of drug-likeness (QED) is 0.406. The second-order valence-electron chi connectivity index (χ2n) is 12.1. The Balaban J connectivity index is 1.76. The summed E-state index contributed by atoms with van der Waals surface area (Å²) in [4.78, 5) is 12.1. The van der Waals surface area contributed by atoms with Crippen molar-refractivity contribution in [2.24, 2.45) is 11.8 Å². The van der Waals surface area contributed by atoms with Crippen molar-refractivity contribution < 1.29 is 28.5 Å². The fourth-order valence-electron chi connectivity index (χ4n) is 3.73. The van der Waals surface area contributed by atoms with E-state index in [4.69, 9.17) is 18.6 Å². The van der Waals surface area contributed by atoms with Gasteiger partial charge in [-0.2, -0.15) is 0 Å². The van der Waals surface area contributed by atoms with Crippen LogP contribution in [0.1, 0.15) is 81.1 Å². The minimum absolute atomic E-state index is 0.0243. The van der Waals surface area contributed by atoms with Gasteiger partial charge in [0.2, 0.25) is 0 Å². The average Bonchev–Trinajstić information content (AvgIpc) is 3.34. The van der Waals surface area contributed by atoms with Gasteiger partial charge in [-0.05, 0) is 77.9 Å². The number of esters is 1. The highest BCUT2D eigenvalue weighted by molar-refractivity contribution is 6.74. The summed E-state index contributed by atoms with van der Waals surface area (Å²) in [5.41, 5.74) is -0.433. The zero-order chi connectivity index (χ0) is 23.8. The molecule has 0 bridgehead atoms. The number of aliphatic hydroxyl groups excluding tert-OH is 1. The highest BCUT2D eigenvalue weighted by Crippen LogP contribution is 2.44. The van der Waals surface area contributed by atoms with Crippen molar-refractivity contribution in [3.8, 4) is 0 Å². The third-order valence-electron chi connectivity index (χ3n) is 6.86. The molecule has 1 saturated carbocycles. The van der Waals surface area contributed by atoms with E-state index in [1.54, 1.807) is 0 Å². The van der Waals surface area contributed by atoms with Crippen LogP contribution in [0.5, 0.6) is 0 Å². The van der Waals surface area contributed by atoms with Gasteiger partial charge in [0.05, 0.1) is 24.2 Å². The predicted molar refractivity (Wildman–Crippen MR) is 124 cm³/mol. The number of ether oxygens (including phenoxy) is 3. The molecule has 0 aromatic heterocycles. The molecule has 2 aliphatic rings. The molecule has 0 aromatic carbocycles. The third-order valence-corrected chi connectivity index (χ3v) is 11.4. The lowest BCUT2D eigenvalue weighted by Crippen LogP contribution is -2.54. The number of aliphatic hydroxyl groups is 1. The third kappa shape index (κ3) is 7.81. The first-order chi connectivity index (χ1) is 14.0. The van der Waals surface area contributed by atoms with Crippen LogP contribution in [0.25, 0.3) is 0 Å². The number of hydrogen-bond acceptors (Lipinski definition) is 6. The van der Waals surface area contributed by atoms with Crippen molar-refractivity contribution in [3.63, 3.8) is 0 Å². The Morgan fingerprint density at radius 2 is 1.77 bits per heavy atom. The topological polar surface area (TPSA) is 74.2 Å². The van der Waals surface area contributed by atoms with E-state index >= 15 is 0 Å². The number of hydrogen-bond donors (Lipinski definition) is 1. The molecule has 2 rings (SSSR count). The predicted octanol–water partition coefficient (Wildman–Crippen LogP) is 5.04. The molecule has 0 aromatic rings. The molecule has 6 nitrogen and oxygen atoms in total. The van der Waals surface area contributed by atoms with Gasteiger partial charge >= 0.3 is 5.97 Å². The molecule has 0 spiro atoms. The fraction of sp³-hybridized carbons (Fsp3) is 0.958. The maximum absolute atomic E-state index is 12.1. The van der Waals surface area contributed by atoms with Gasteiger partial charge in [-0.3, -0.25) is 4.79 Å². The van der Waals surface area contributed by atoms with E-state index < -0.39 is 26.3 Å². The van der Waals surface area contributed by atoms with Crippen LogP contribution in [0.3, 0.4) is 0 Å². The minimum Gasteiger partial charge on any atom is -0.460 e. The van der Waals surface area contributed by atoms with Gasteiger partial charge < -0.3 is 23.7 Å². The summed E-state index contributed by atoms with van der Waals surface area (Å²) in [6.07, 6.45) is 1.53. The van der Waals surface area contributed by atoms with Gasteiger partial charge in [-0.25, -0.2) is 0 Å².